The maximum Gasteiger partial charge on any atom is 0.0239 e. The van der Waals surface area contributed by atoms with Gasteiger partial charge in [0.2, 0.25) is 0 Å². The molecule has 1 nitrogen and oxygen atoms in total. The van der Waals surface area contributed by atoms with Gasteiger partial charge in [-0.15, -0.1) is 48.7 Å². The van der Waals surface area contributed by atoms with Gasteiger partial charge in [0.25, 0.3) is 0 Å². The Hall–Kier alpha value is 0.214. The third kappa shape index (κ3) is 4.63. The van der Waals surface area contributed by atoms with Gasteiger partial charge in [-0.3, -0.25) is 4.98 Å². The van der Waals surface area contributed by atoms with Gasteiger partial charge in [-0.1, -0.05) is 6.07 Å². The van der Waals surface area contributed by atoms with Gasteiger partial charge in [0.05, 0.1) is 0 Å². The first-order valence-electron chi connectivity index (χ1n) is 3.18. The van der Waals surface area contributed by atoms with Crippen LogP contribution in [0.2, 0.25) is 0 Å². The molecule has 0 aliphatic rings. The standard InChI is InChI=1S/C9H6N.3ClH.Ti/c1-2-6-9-8(4-1)5-3-7-10-9;;;;/h1-5,7H;3*1H;/q-1;;;;. The molecule has 0 radical (unpaired) electrons. The van der Waals surface area contributed by atoms with Gasteiger partial charge >= 0.3 is 0 Å². The molecule has 0 unspecified atom stereocenters. The topological polar surface area (TPSA) is 12.9 Å². The normalized spacial score (nSPS) is 7.14. The fraction of sp³-hybridized carbons (Fsp3) is 0. The zero-order valence-corrected chi connectivity index (χ0v) is 11.1. The molecule has 0 saturated carbocycles. The van der Waals surface area contributed by atoms with Gasteiger partial charge in [-0.05, 0) is 5.52 Å². The molecule has 2 aromatic rings. The summed E-state index contributed by atoms with van der Waals surface area (Å²) in [5, 5.41) is 1.14. The monoisotopic (exact) mass is 284 g/mol. The van der Waals surface area contributed by atoms with Crippen LogP contribution in [0.4, 0.5) is 0 Å². The Morgan fingerprint density at radius 3 is 2.29 bits per heavy atom. The van der Waals surface area contributed by atoms with Crippen molar-refractivity contribution in [3.8, 4) is 0 Å². The van der Waals surface area contributed by atoms with Gasteiger partial charge in [0.15, 0.2) is 0 Å². The van der Waals surface area contributed by atoms with E-state index >= 15 is 0 Å². The summed E-state index contributed by atoms with van der Waals surface area (Å²) in [6.07, 6.45) is 1.78. The summed E-state index contributed by atoms with van der Waals surface area (Å²) in [4.78, 5) is 4.13. The van der Waals surface area contributed by atoms with Crippen molar-refractivity contribution in [1.29, 1.82) is 0 Å². The molecule has 14 heavy (non-hydrogen) atoms. The van der Waals surface area contributed by atoms with Crippen molar-refractivity contribution < 1.29 is 21.7 Å². The van der Waals surface area contributed by atoms with E-state index < -0.39 is 0 Å². The maximum atomic E-state index is 4.13. The summed E-state index contributed by atoms with van der Waals surface area (Å²) in [5.74, 6) is 0. The zero-order valence-electron chi connectivity index (χ0n) is 7.14. The molecule has 1 aromatic heterocycles. The summed E-state index contributed by atoms with van der Waals surface area (Å²) in [7, 11) is 0. The van der Waals surface area contributed by atoms with Crippen LogP contribution in [0.1, 0.15) is 0 Å². The van der Waals surface area contributed by atoms with Crippen LogP contribution in [0.25, 0.3) is 10.9 Å². The SMILES string of the molecule is Cl.Cl.Cl.[Ti].[c-]1cccc2cccnc12. The molecule has 0 bridgehead atoms. The molecule has 0 aliphatic heterocycles. The quantitative estimate of drug-likeness (QED) is 0.534. The van der Waals surface area contributed by atoms with Gasteiger partial charge in [-0.2, -0.15) is 24.3 Å². The molecule has 2 rings (SSSR count). The van der Waals surface area contributed by atoms with Crippen molar-refractivity contribution in [2.45, 2.75) is 0 Å². The van der Waals surface area contributed by atoms with E-state index in [1.807, 2.05) is 30.3 Å². The maximum absolute atomic E-state index is 4.13. The van der Waals surface area contributed by atoms with E-state index in [1.54, 1.807) is 6.20 Å². The van der Waals surface area contributed by atoms with Crippen LogP contribution in [-0.4, -0.2) is 4.98 Å². The second-order valence-electron chi connectivity index (χ2n) is 2.11. The Labute approximate surface area is 117 Å². The van der Waals surface area contributed by atoms with Gasteiger partial charge in [0, 0.05) is 27.9 Å². The smallest absolute Gasteiger partial charge is 0.0239 e. The van der Waals surface area contributed by atoms with E-state index in [9.17, 15) is 0 Å². The van der Waals surface area contributed by atoms with Gasteiger partial charge in [-0.25, -0.2) is 0 Å². The van der Waals surface area contributed by atoms with E-state index in [4.69, 9.17) is 0 Å². The second kappa shape index (κ2) is 9.76. The van der Waals surface area contributed by atoms with Crippen LogP contribution in [0, 0.1) is 6.07 Å². The first-order valence-corrected chi connectivity index (χ1v) is 3.18. The molecule has 76 valence electrons. The zero-order chi connectivity index (χ0) is 6.81. The summed E-state index contributed by atoms with van der Waals surface area (Å²) in [6, 6.07) is 12.9. The van der Waals surface area contributed by atoms with Crippen molar-refractivity contribution in [3.05, 3.63) is 42.6 Å². The third-order valence-corrected chi connectivity index (χ3v) is 1.43. The number of para-hydroxylation sites is 1. The molecule has 0 saturated heterocycles. The number of fused-ring (bicyclic) bond motifs is 1. The van der Waals surface area contributed by atoms with E-state index in [-0.39, 0.29) is 58.9 Å². The van der Waals surface area contributed by atoms with Crippen molar-refractivity contribution in [2.75, 3.05) is 0 Å². The Bertz CT molecular complexity index is 291. The number of rotatable bonds is 0. The molecular formula is C9H9Cl3NTi-. The molecule has 1 heterocycles. The number of hydrogen-bond acceptors (Lipinski definition) is 1. The van der Waals surface area contributed by atoms with Crippen LogP contribution >= 0.6 is 37.2 Å². The van der Waals surface area contributed by atoms with E-state index in [0.717, 1.165) is 10.9 Å². The summed E-state index contributed by atoms with van der Waals surface area (Å²) >= 11 is 0. The minimum Gasteiger partial charge on any atom is -0.283 e. The summed E-state index contributed by atoms with van der Waals surface area (Å²) in [6.45, 7) is 0. The van der Waals surface area contributed by atoms with Crippen LogP contribution in [-0.2, 0) is 21.7 Å². The first kappa shape index (κ1) is 19.7. The van der Waals surface area contributed by atoms with E-state index in [2.05, 4.69) is 11.1 Å². The molecule has 0 spiro atoms. The van der Waals surface area contributed by atoms with Crippen molar-refractivity contribution in [2.24, 2.45) is 0 Å². The molecule has 1 aromatic carbocycles. The minimum absolute atomic E-state index is 0. The number of halogens is 3. The fourth-order valence-electron chi connectivity index (χ4n) is 0.952. The Kier molecular flexibility index (Phi) is 13.8. The van der Waals surface area contributed by atoms with Crippen molar-refractivity contribution >= 4 is 48.1 Å². The number of hydrogen-bond donors (Lipinski definition) is 0. The molecule has 0 aliphatic carbocycles. The Morgan fingerprint density at radius 2 is 1.64 bits per heavy atom. The number of nitrogens with zero attached hydrogens (tertiary/aromatic N) is 1. The Morgan fingerprint density at radius 1 is 1.00 bits per heavy atom. The number of benzene rings is 1. The van der Waals surface area contributed by atoms with Crippen molar-refractivity contribution in [1.82, 2.24) is 4.98 Å². The number of aromatic nitrogens is 1. The van der Waals surface area contributed by atoms with Crippen LogP contribution < -0.4 is 0 Å². The van der Waals surface area contributed by atoms with Crippen LogP contribution in [0.3, 0.4) is 0 Å². The second-order valence-corrected chi connectivity index (χ2v) is 2.11. The Balaban J connectivity index is -0.000000302. The molecule has 0 fully saturated rings. The van der Waals surface area contributed by atoms with Gasteiger partial charge in [0.1, 0.15) is 0 Å². The van der Waals surface area contributed by atoms with Crippen LogP contribution in [0.5, 0.6) is 0 Å². The van der Waals surface area contributed by atoms with Gasteiger partial charge < -0.3 is 0 Å². The largest absolute Gasteiger partial charge is 0.283 e. The average molecular weight is 285 g/mol. The molecule has 5 heteroatoms. The minimum atomic E-state index is 0. The summed E-state index contributed by atoms with van der Waals surface area (Å²) in [5.41, 5.74) is 0.935. The molecule has 0 atom stereocenters. The first-order chi connectivity index (χ1) is 4.97. The summed E-state index contributed by atoms with van der Waals surface area (Å²) < 4.78 is 0. The van der Waals surface area contributed by atoms with E-state index in [0.29, 0.717) is 0 Å². The van der Waals surface area contributed by atoms with E-state index in [1.165, 1.54) is 0 Å². The predicted octanol–water partition coefficient (Wildman–Crippen LogP) is 3.30. The van der Waals surface area contributed by atoms with Crippen LogP contribution in [0.15, 0.2) is 36.5 Å². The molecular weight excluding hydrogens is 276 g/mol. The predicted molar refractivity (Wildman–Crippen MR) is 62.3 cm³/mol. The molecule has 0 N–H and O–H groups in total. The number of pyridine rings is 1. The fourth-order valence-corrected chi connectivity index (χ4v) is 0.952. The third-order valence-electron chi connectivity index (χ3n) is 1.43. The average Bonchev–Trinajstić information content (AvgIpc) is 2.05. The molecule has 0 amide bonds. The van der Waals surface area contributed by atoms with Crippen molar-refractivity contribution in [3.63, 3.8) is 0 Å².